The third kappa shape index (κ3) is 5.13. The van der Waals surface area contributed by atoms with Crippen molar-refractivity contribution in [3.8, 4) is 0 Å². The zero-order valence-electron chi connectivity index (χ0n) is 12.4. The molecule has 1 rings (SSSR count). The first-order valence-corrected chi connectivity index (χ1v) is 8.95. The molecular formula is C15H26N2O2S. The van der Waals surface area contributed by atoms with Gasteiger partial charge in [0.15, 0.2) is 9.84 Å². The molecule has 0 aliphatic carbocycles. The van der Waals surface area contributed by atoms with Crippen molar-refractivity contribution in [2.75, 3.05) is 24.2 Å². The Kier molecular flexibility index (Phi) is 7.02. The highest BCUT2D eigenvalue weighted by molar-refractivity contribution is 7.91. The number of hydrogen-bond acceptors (Lipinski definition) is 4. The normalized spacial score (nSPS) is 13.2. The van der Waals surface area contributed by atoms with E-state index in [1.807, 2.05) is 12.1 Å². The number of nitrogens with one attached hydrogen (secondary N) is 1. The minimum atomic E-state index is -3.11. The smallest absolute Gasteiger partial charge is 0.178 e. The third-order valence-corrected chi connectivity index (χ3v) is 5.21. The van der Waals surface area contributed by atoms with Crippen LogP contribution in [0, 0.1) is 5.92 Å². The maximum Gasteiger partial charge on any atom is 0.178 e. The van der Waals surface area contributed by atoms with Gasteiger partial charge in [-0.3, -0.25) is 0 Å². The fourth-order valence-corrected chi connectivity index (χ4v) is 3.09. The van der Waals surface area contributed by atoms with Crippen molar-refractivity contribution in [2.45, 2.75) is 38.0 Å². The molecule has 4 nitrogen and oxygen atoms in total. The van der Waals surface area contributed by atoms with E-state index in [2.05, 4.69) is 12.2 Å². The predicted octanol–water partition coefficient (Wildman–Crippen LogP) is 2.66. The number of benzene rings is 1. The lowest BCUT2D eigenvalue weighted by Crippen LogP contribution is -2.18. The lowest BCUT2D eigenvalue weighted by Gasteiger charge is -2.17. The van der Waals surface area contributed by atoms with Gasteiger partial charge in [-0.05, 0) is 49.6 Å². The van der Waals surface area contributed by atoms with Gasteiger partial charge in [0.05, 0.1) is 10.6 Å². The van der Waals surface area contributed by atoms with Gasteiger partial charge in [0.1, 0.15) is 0 Å². The van der Waals surface area contributed by atoms with Crippen LogP contribution in [0.5, 0.6) is 0 Å². The highest BCUT2D eigenvalue weighted by atomic mass is 32.2. The van der Waals surface area contributed by atoms with Crippen LogP contribution in [0.3, 0.4) is 0 Å². The molecule has 0 saturated carbocycles. The summed E-state index contributed by atoms with van der Waals surface area (Å²) < 4.78 is 23.4. The molecule has 114 valence electrons. The maximum atomic E-state index is 11.7. The molecule has 0 fully saturated rings. The quantitative estimate of drug-likeness (QED) is 0.735. The van der Waals surface area contributed by atoms with E-state index in [-0.39, 0.29) is 5.75 Å². The summed E-state index contributed by atoms with van der Waals surface area (Å²) in [5.41, 5.74) is 6.57. The van der Waals surface area contributed by atoms with Crippen molar-refractivity contribution < 1.29 is 8.42 Å². The number of hydrogen-bond donors (Lipinski definition) is 2. The molecule has 0 spiro atoms. The van der Waals surface area contributed by atoms with Gasteiger partial charge < -0.3 is 11.1 Å². The van der Waals surface area contributed by atoms with Crippen LogP contribution in [0.25, 0.3) is 0 Å². The van der Waals surface area contributed by atoms with E-state index in [4.69, 9.17) is 5.73 Å². The Labute approximate surface area is 122 Å². The topological polar surface area (TPSA) is 72.2 Å². The van der Waals surface area contributed by atoms with E-state index in [9.17, 15) is 8.42 Å². The Morgan fingerprint density at radius 3 is 2.30 bits per heavy atom. The van der Waals surface area contributed by atoms with Crippen molar-refractivity contribution in [3.05, 3.63) is 24.3 Å². The van der Waals surface area contributed by atoms with E-state index in [1.54, 1.807) is 19.1 Å². The summed E-state index contributed by atoms with van der Waals surface area (Å²) >= 11 is 0. The van der Waals surface area contributed by atoms with Gasteiger partial charge in [-0.15, -0.1) is 0 Å². The van der Waals surface area contributed by atoms with Crippen molar-refractivity contribution in [1.82, 2.24) is 0 Å². The van der Waals surface area contributed by atoms with Crippen LogP contribution >= 0.6 is 0 Å². The third-order valence-electron chi connectivity index (χ3n) is 3.46. The summed E-state index contributed by atoms with van der Waals surface area (Å²) in [5, 5.41) is 3.36. The zero-order chi connectivity index (χ0) is 15.0. The molecule has 0 saturated heterocycles. The molecule has 0 aliphatic rings. The summed E-state index contributed by atoms with van der Waals surface area (Å²) in [7, 11) is -3.11. The van der Waals surface area contributed by atoms with Gasteiger partial charge in [0.2, 0.25) is 0 Å². The monoisotopic (exact) mass is 298 g/mol. The molecule has 3 N–H and O–H groups in total. The zero-order valence-corrected chi connectivity index (χ0v) is 13.2. The Balaban J connectivity index is 2.61. The number of anilines is 1. The number of sulfone groups is 1. The minimum absolute atomic E-state index is 0.134. The van der Waals surface area contributed by atoms with Crippen LogP contribution in [-0.2, 0) is 9.84 Å². The summed E-state index contributed by atoms with van der Waals surface area (Å²) in [6.45, 7) is 5.42. The van der Waals surface area contributed by atoms with Crippen LogP contribution in [-0.4, -0.2) is 27.3 Å². The Morgan fingerprint density at radius 1 is 1.15 bits per heavy atom. The molecule has 1 atom stereocenters. The second-order valence-corrected chi connectivity index (χ2v) is 7.32. The van der Waals surface area contributed by atoms with Crippen molar-refractivity contribution in [1.29, 1.82) is 0 Å². The summed E-state index contributed by atoms with van der Waals surface area (Å²) in [6, 6.07) is 6.99. The van der Waals surface area contributed by atoms with E-state index < -0.39 is 9.84 Å². The molecule has 0 bridgehead atoms. The molecule has 5 heteroatoms. The largest absolute Gasteiger partial charge is 0.385 e. The van der Waals surface area contributed by atoms with Gasteiger partial charge in [-0.2, -0.15) is 0 Å². The lowest BCUT2D eigenvalue weighted by molar-refractivity contribution is 0.473. The molecule has 0 aliphatic heterocycles. The van der Waals surface area contributed by atoms with Crippen LogP contribution in [0.1, 0.15) is 33.1 Å². The summed E-state index contributed by atoms with van der Waals surface area (Å²) in [6.07, 6.45) is 3.33. The van der Waals surface area contributed by atoms with E-state index in [1.165, 1.54) is 0 Å². The average molecular weight is 298 g/mol. The second-order valence-electron chi connectivity index (χ2n) is 5.04. The van der Waals surface area contributed by atoms with Gasteiger partial charge in [-0.25, -0.2) is 8.42 Å². The molecule has 1 aromatic rings. The highest BCUT2D eigenvalue weighted by Gasteiger charge is 2.11. The van der Waals surface area contributed by atoms with Crippen LogP contribution in [0.2, 0.25) is 0 Å². The first-order valence-electron chi connectivity index (χ1n) is 7.30. The second kappa shape index (κ2) is 8.27. The van der Waals surface area contributed by atoms with Gasteiger partial charge >= 0.3 is 0 Å². The number of nitrogens with two attached hydrogens (primary N) is 1. The Hall–Kier alpha value is -1.07. The minimum Gasteiger partial charge on any atom is -0.385 e. The standard InChI is InChI=1S/C15H26N2O2S/c1-3-5-13(10-11-16)12-17-14-6-8-15(9-7-14)20(18,19)4-2/h6-9,13,17H,3-5,10-12,16H2,1-2H3. The Morgan fingerprint density at radius 2 is 1.80 bits per heavy atom. The van der Waals surface area contributed by atoms with Gasteiger partial charge in [0.25, 0.3) is 0 Å². The molecule has 0 heterocycles. The van der Waals surface area contributed by atoms with Gasteiger partial charge in [-0.1, -0.05) is 20.3 Å². The van der Waals surface area contributed by atoms with Crippen molar-refractivity contribution in [3.63, 3.8) is 0 Å². The molecule has 20 heavy (non-hydrogen) atoms. The molecular weight excluding hydrogens is 272 g/mol. The highest BCUT2D eigenvalue weighted by Crippen LogP contribution is 2.17. The molecule has 0 amide bonds. The average Bonchev–Trinajstić information content (AvgIpc) is 2.46. The van der Waals surface area contributed by atoms with E-state index in [0.717, 1.165) is 31.5 Å². The van der Waals surface area contributed by atoms with Crippen molar-refractivity contribution >= 4 is 15.5 Å². The van der Waals surface area contributed by atoms with Crippen molar-refractivity contribution in [2.24, 2.45) is 11.7 Å². The molecule has 0 radical (unpaired) electrons. The molecule has 0 aromatic heterocycles. The summed E-state index contributed by atoms with van der Waals surface area (Å²) in [4.78, 5) is 0.387. The maximum absolute atomic E-state index is 11.7. The SMILES string of the molecule is CCCC(CCN)CNc1ccc(S(=O)(=O)CC)cc1. The fraction of sp³-hybridized carbons (Fsp3) is 0.600. The van der Waals surface area contributed by atoms with E-state index in [0.29, 0.717) is 17.4 Å². The van der Waals surface area contributed by atoms with Crippen LogP contribution in [0.15, 0.2) is 29.2 Å². The van der Waals surface area contributed by atoms with Gasteiger partial charge in [0, 0.05) is 12.2 Å². The molecule has 1 unspecified atom stereocenters. The predicted molar refractivity (Wildman–Crippen MR) is 84.7 cm³/mol. The number of rotatable bonds is 9. The Bertz CT molecular complexity index is 477. The lowest BCUT2D eigenvalue weighted by atomic mass is 10.00. The first kappa shape index (κ1) is 17.0. The van der Waals surface area contributed by atoms with Crippen LogP contribution < -0.4 is 11.1 Å². The van der Waals surface area contributed by atoms with E-state index >= 15 is 0 Å². The fourth-order valence-electron chi connectivity index (χ4n) is 2.20. The first-order chi connectivity index (χ1) is 9.53. The molecule has 1 aromatic carbocycles. The van der Waals surface area contributed by atoms with Crippen LogP contribution in [0.4, 0.5) is 5.69 Å². The summed E-state index contributed by atoms with van der Waals surface area (Å²) in [5.74, 6) is 0.707.